The van der Waals surface area contributed by atoms with Gasteiger partial charge in [0.05, 0.1) is 5.69 Å². The van der Waals surface area contributed by atoms with E-state index in [1.165, 1.54) is 44.3 Å². The maximum Gasteiger partial charge on any atom is 0.126 e. The fourth-order valence-corrected chi connectivity index (χ4v) is 3.14. The van der Waals surface area contributed by atoms with E-state index in [1.54, 1.807) is 0 Å². The molecule has 0 unspecified atom stereocenters. The predicted molar refractivity (Wildman–Crippen MR) is 90.5 cm³/mol. The lowest BCUT2D eigenvalue weighted by Crippen LogP contribution is -2.34. The van der Waals surface area contributed by atoms with Crippen molar-refractivity contribution < 1.29 is 0 Å². The molecule has 21 heavy (non-hydrogen) atoms. The van der Waals surface area contributed by atoms with Gasteiger partial charge in [-0.2, -0.15) is 0 Å². The summed E-state index contributed by atoms with van der Waals surface area (Å²) in [5.74, 6) is 1.78. The van der Waals surface area contributed by atoms with Gasteiger partial charge < -0.3 is 5.32 Å². The van der Waals surface area contributed by atoms with Gasteiger partial charge in [0.2, 0.25) is 0 Å². The van der Waals surface area contributed by atoms with Crippen LogP contribution in [0.4, 0.5) is 5.82 Å². The largest absolute Gasteiger partial charge is 0.370 e. The molecule has 0 amide bonds. The third kappa shape index (κ3) is 5.31. The topological polar surface area (TPSA) is 28.2 Å². The molecule has 0 bridgehead atoms. The highest BCUT2D eigenvalue weighted by molar-refractivity contribution is 5.34. The average molecular weight is 289 g/mol. The molecule has 0 atom stereocenters. The molecular formula is C18H31N3. The van der Waals surface area contributed by atoms with Crippen molar-refractivity contribution in [3.63, 3.8) is 0 Å². The second-order valence-electron chi connectivity index (χ2n) is 6.64. The SMILES string of the molecule is CCNc1cccc(CN(CCC(C)C)C2CCCC2)n1. The third-order valence-corrected chi connectivity index (χ3v) is 4.36. The van der Waals surface area contributed by atoms with Crippen LogP contribution in [0.15, 0.2) is 18.2 Å². The fourth-order valence-electron chi connectivity index (χ4n) is 3.14. The zero-order valence-corrected chi connectivity index (χ0v) is 13.9. The second-order valence-corrected chi connectivity index (χ2v) is 6.64. The summed E-state index contributed by atoms with van der Waals surface area (Å²) < 4.78 is 0. The van der Waals surface area contributed by atoms with Crippen molar-refractivity contribution in [3.05, 3.63) is 23.9 Å². The van der Waals surface area contributed by atoms with E-state index in [9.17, 15) is 0 Å². The van der Waals surface area contributed by atoms with Crippen molar-refractivity contribution in [2.24, 2.45) is 5.92 Å². The van der Waals surface area contributed by atoms with Crippen LogP contribution in [0.25, 0.3) is 0 Å². The highest BCUT2D eigenvalue weighted by Crippen LogP contribution is 2.25. The molecule has 0 saturated heterocycles. The molecule has 3 heteroatoms. The van der Waals surface area contributed by atoms with Crippen LogP contribution in [0.2, 0.25) is 0 Å². The minimum atomic E-state index is 0.772. The summed E-state index contributed by atoms with van der Waals surface area (Å²) >= 11 is 0. The summed E-state index contributed by atoms with van der Waals surface area (Å²) in [6, 6.07) is 7.11. The van der Waals surface area contributed by atoms with Crippen molar-refractivity contribution in [1.82, 2.24) is 9.88 Å². The van der Waals surface area contributed by atoms with Crippen LogP contribution in [0.3, 0.4) is 0 Å². The van der Waals surface area contributed by atoms with Crippen LogP contribution < -0.4 is 5.32 Å². The van der Waals surface area contributed by atoms with Gasteiger partial charge in [-0.1, -0.05) is 32.8 Å². The Hall–Kier alpha value is -1.09. The highest BCUT2D eigenvalue weighted by Gasteiger charge is 2.22. The van der Waals surface area contributed by atoms with Crippen molar-refractivity contribution in [3.8, 4) is 0 Å². The van der Waals surface area contributed by atoms with Gasteiger partial charge in [-0.05, 0) is 50.8 Å². The van der Waals surface area contributed by atoms with Crippen molar-refractivity contribution in [1.29, 1.82) is 0 Å². The smallest absolute Gasteiger partial charge is 0.126 e. The Labute approximate surface area is 130 Å². The summed E-state index contributed by atoms with van der Waals surface area (Å²) in [5.41, 5.74) is 1.20. The maximum atomic E-state index is 4.75. The van der Waals surface area contributed by atoms with Gasteiger partial charge in [-0.15, -0.1) is 0 Å². The number of pyridine rings is 1. The summed E-state index contributed by atoms with van der Waals surface area (Å²) in [5, 5.41) is 3.31. The molecule has 1 aromatic heterocycles. The molecule has 0 aromatic carbocycles. The van der Waals surface area contributed by atoms with Gasteiger partial charge in [-0.3, -0.25) is 4.90 Å². The van der Waals surface area contributed by atoms with Gasteiger partial charge in [0, 0.05) is 19.1 Å². The number of anilines is 1. The molecular weight excluding hydrogens is 258 g/mol. The number of hydrogen-bond donors (Lipinski definition) is 1. The van der Waals surface area contributed by atoms with Gasteiger partial charge in [0.25, 0.3) is 0 Å². The van der Waals surface area contributed by atoms with E-state index < -0.39 is 0 Å². The van der Waals surface area contributed by atoms with E-state index >= 15 is 0 Å². The summed E-state index contributed by atoms with van der Waals surface area (Å²) in [7, 11) is 0. The van der Waals surface area contributed by atoms with E-state index in [0.717, 1.165) is 30.9 Å². The van der Waals surface area contributed by atoms with Crippen LogP contribution in [0.1, 0.15) is 58.6 Å². The van der Waals surface area contributed by atoms with Crippen LogP contribution in [0, 0.1) is 5.92 Å². The van der Waals surface area contributed by atoms with Gasteiger partial charge >= 0.3 is 0 Å². The first kappa shape index (κ1) is 16.3. The molecule has 3 nitrogen and oxygen atoms in total. The van der Waals surface area contributed by atoms with E-state index in [4.69, 9.17) is 4.98 Å². The van der Waals surface area contributed by atoms with E-state index in [0.29, 0.717) is 0 Å². The van der Waals surface area contributed by atoms with Gasteiger partial charge in [-0.25, -0.2) is 4.98 Å². The van der Waals surface area contributed by atoms with Crippen molar-refractivity contribution >= 4 is 5.82 Å². The van der Waals surface area contributed by atoms with E-state index in [1.807, 2.05) is 0 Å². The lowest BCUT2D eigenvalue weighted by molar-refractivity contribution is 0.177. The lowest BCUT2D eigenvalue weighted by Gasteiger charge is -2.29. The van der Waals surface area contributed by atoms with Crippen molar-refractivity contribution in [2.45, 2.75) is 65.5 Å². The molecule has 1 saturated carbocycles. The van der Waals surface area contributed by atoms with Crippen LogP contribution in [-0.4, -0.2) is 29.0 Å². The number of nitrogens with zero attached hydrogens (tertiary/aromatic N) is 2. The Morgan fingerprint density at radius 3 is 2.71 bits per heavy atom. The third-order valence-electron chi connectivity index (χ3n) is 4.36. The summed E-state index contributed by atoms with van der Waals surface area (Å²) in [6.45, 7) is 9.87. The first-order chi connectivity index (χ1) is 10.2. The lowest BCUT2D eigenvalue weighted by atomic mass is 10.1. The minimum Gasteiger partial charge on any atom is -0.370 e. The quantitative estimate of drug-likeness (QED) is 0.773. The molecule has 118 valence electrons. The molecule has 0 aliphatic heterocycles. The van der Waals surface area contributed by atoms with E-state index in [2.05, 4.69) is 49.2 Å². The van der Waals surface area contributed by atoms with Crippen molar-refractivity contribution in [2.75, 3.05) is 18.4 Å². The predicted octanol–water partition coefficient (Wildman–Crippen LogP) is 4.30. The maximum absolute atomic E-state index is 4.75. The second kappa shape index (κ2) is 8.38. The molecule has 2 rings (SSSR count). The zero-order chi connectivity index (χ0) is 15.1. The average Bonchev–Trinajstić information content (AvgIpc) is 2.98. The Kier molecular flexibility index (Phi) is 6.50. The molecule has 0 spiro atoms. The Morgan fingerprint density at radius 1 is 1.29 bits per heavy atom. The Morgan fingerprint density at radius 2 is 2.05 bits per heavy atom. The highest BCUT2D eigenvalue weighted by atomic mass is 15.2. The fraction of sp³-hybridized carbons (Fsp3) is 0.722. The number of nitrogens with one attached hydrogen (secondary N) is 1. The van der Waals surface area contributed by atoms with Gasteiger partial charge in [0.15, 0.2) is 0 Å². The monoisotopic (exact) mass is 289 g/mol. The molecule has 1 N–H and O–H groups in total. The first-order valence-corrected chi connectivity index (χ1v) is 8.63. The number of aromatic nitrogens is 1. The molecule has 1 heterocycles. The zero-order valence-electron chi connectivity index (χ0n) is 13.9. The standard InChI is InChI=1S/C18H31N3/c1-4-19-18-11-7-8-16(20-18)14-21(13-12-15(2)3)17-9-5-6-10-17/h7-8,11,15,17H,4-6,9-10,12-14H2,1-3H3,(H,19,20). The molecule has 0 radical (unpaired) electrons. The molecule has 1 fully saturated rings. The van der Waals surface area contributed by atoms with Gasteiger partial charge in [0.1, 0.15) is 5.82 Å². The summed E-state index contributed by atoms with van der Waals surface area (Å²) in [4.78, 5) is 7.42. The Balaban J connectivity index is 2.00. The van der Waals surface area contributed by atoms with E-state index in [-0.39, 0.29) is 0 Å². The van der Waals surface area contributed by atoms with Crippen LogP contribution >= 0.6 is 0 Å². The molecule has 1 aromatic rings. The number of hydrogen-bond acceptors (Lipinski definition) is 3. The normalized spacial score (nSPS) is 16.0. The number of rotatable bonds is 8. The minimum absolute atomic E-state index is 0.772. The Bertz CT molecular complexity index is 411. The summed E-state index contributed by atoms with van der Waals surface area (Å²) in [6.07, 6.45) is 6.81. The first-order valence-electron chi connectivity index (χ1n) is 8.63. The van der Waals surface area contributed by atoms with Crippen LogP contribution in [0.5, 0.6) is 0 Å². The molecule has 1 aliphatic rings. The molecule has 1 aliphatic carbocycles. The van der Waals surface area contributed by atoms with Crippen LogP contribution in [-0.2, 0) is 6.54 Å².